The minimum Gasteiger partial charge on any atom is -0.319 e. The van der Waals surface area contributed by atoms with Crippen LogP contribution in [0.5, 0.6) is 0 Å². The fraction of sp³-hybridized carbons (Fsp3) is 1.00. The Kier molecular flexibility index (Phi) is 3.38. The lowest BCUT2D eigenvalue weighted by atomic mass is 10.2. The molecule has 0 spiro atoms. The third-order valence-electron chi connectivity index (χ3n) is 3.04. The Balaban J connectivity index is 2.21. The van der Waals surface area contributed by atoms with Crippen molar-refractivity contribution in [1.82, 2.24) is 5.32 Å². The van der Waals surface area contributed by atoms with E-state index in [2.05, 4.69) is 26.2 Å². The topological polar surface area (TPSA) is 12.0 Å². The minimum atomic E-state index is 1.00. The molecule has 0 aromatic rings. The molecule has 0 heterocycles. The maximum Gasteiger partial charge on any atom is -0.00180 e. The van der Waals surface area contributed by atoms with Crippen LogP contribution in [0.1, 0.15) is 33.1 Å². The summed E-state index contributed by atoms with van der Waals surface area (Å²) in [7, 11) is 2.06. The van der Waals surface area contributed by atoms with E-state index >= 15 is 0 Å². The predicted octanol–water partition coefficient (Wildman–Crippen LogP) is 2.28. The van der Waals surface area contributed by atoms with Crippen molar-refractivity contribution in [3.8, 4) is 0 Å². The summed E-state index contributed by atoms with van der Waals surface area (Å²) in [4.78, 5) is 0. The zero-order chi connectivity index (χ0) is 8.27. The third kappa shape index (κ3) is 1.96. The van der Waals surface area contributed by atoms with Crippen LogP contribution in [0.4, 0.5) is 0 Å². The lowest BCUT2D eigenvalue weighted by Gasteiger charge is -1.94. The summed E-state index contributed by atoms with van der Waals surface area (Å²) in [5.74, 6) is 3.10. The van der Waals surface area contributed by atoms with Gasteiger partial charge >= 0.3 is 0 Å². The monoisotopic (exact) mass is 155 g/mol. The highest BCUT2D eigenvalue weighted by Gasteiger charge is 2.46. The Morgan fingerprint density at radius 1 is 1.09 bits per heavy atom. The molecular weight excluding hydrogens is 134 g/mol. The molecule has 1 aliphatic carbocycles. The van der Waals surface area contributed by atoms with Gasteiger partial charge in [-0.05, 0) is 31.3 Å². The molecule has 1 fully saturated rings. The quantitative estimate of drug-likeness (QED) is 0.642. The van der Waals surface area contributed by atoms with Gasteiger partial charge in [-0.2, -0.15) is 0 Å². The molecule has 0 aromatic heterocycles. The molecule has 1 N–H and O–H groups in total. The first-order valence-corrected chi connectivity index (χ1v) is 4.99. The Morgan fingerprint density at radius 2 is 1.82 bits per heavy atom. The molecule has 0 aliphatic heterocycles. The van der Waals surface area contributed by atoms with E-state index in [1.165, 1.54) is 25.8 Å². The highest BCUT2D eigenvalue weighted by molar-refractivity contribution is 4.96. The third-order valence-corrected chi connectivity index (χ3v) is 3.04. The van der Waals surface area contributed by atoms with Crippen LogP contribution in [0.25, 0.3) is 0 Å². The molecule has 66 valence electrons. The number of hydrogen-bond donors (Lipinski definition) is 1. The molecule has 0 saturated heterocycles. The minimum absolute atomic E-state index is 1.00. The molecular formula is C10H21N. The van der Waals surface area contributed by atoms with Crippen molar-refractivity contribution in [2.45, 2.75) is 33.1 Å². The highest BCUT2D eigenvalue weighted by atomic mass is 14.8. The second kappa shape index (κ2) is 4.10. The molecule has 0 amide bonds. The van der Waals surface area contributed by atoms with Crippen molar-refractivity contribution >= 4 is 0 Å². The van der Waals surface area contributed by atoms with Crippen LogP contribution in [0.3, 0.4) is 0 Å². The number of hydrogen-bond acceptors (Lipinski definition) is 1. The van der Waals surface area contributed by atoms with Gasteiger partial charge in [0.2, 0.25) is 0 Å². The van der Waals surface area contributed by atoms with Gasteiger partial charge in [0.1, 0.15) is 0 Å². The molecule has 11 heavy (non-hydrogen) atoms. The van der Waals surface area contributed by atoms with Crippen LogP contribution in [0.15, 0.2) is 0 Å². The molecule has 1 nitrogen and oxygen atoms in total. The first kappa shape index (κ1) is 9.05. The largest absolute Gasteiger partial charge is 0.319 e. The maximum absolute atomic E-state index is 3.28. The summed E-state index contributed by atoms with van der Waals surface area (Å²) in [5, 5.41) is 3.28. The van der Waals surface area contributed by atoms with E-state index in [1.807, 2.05) is 0 Å². The first-order valence-electron chi connectivity index (χ1n) is 4.99. The molecule has 0 aromatic carbocycles. The van der Waals surface area contributed by atoms with Crippen LogP contribution in [0, 0.1) is 17.8 Å². The van der Waals surface area contributed by atoms with Gasteiger partial charge in [-0.25, -0.2) is 0 Å². The molecule has 1 saturated carbocycles. The lowest BCUT2D eigenvalue weighted by Crippen LogP contribution is -2.11. The molecule has 3 unspecified atom stereocenters. The summed E-state index contributed by atoms with van der Waals surface area (Å²) in [6.07, 6.45) is 4.20. The Labute approximate surface area is 70.6 Å². The van der Waals surface area contributed by atoms with E-state index in [-0.39, 0.29) is 0 Å². The fourth-order valence-corrected chi connectivity index (χ4v) is 2.43. The van der Waals surface area contributed by atoms with Gasteiger partial charge in [0, 0.05) is 0 Å². The summed E-state index contributed by atoms with van der Waals surface area (Å²) < 4.78 is 0. The first-order chi connectivity index (χ1) is 5.35. The van der Waals surface area contributed by atoms with E-state index < -0.39 is 0 Å². The molecule has 0 radical (unpaired) electrons. The summed E-state index contributed by atoms with van der Waals surface area (Å²) in [6.45, 7) is 5.85. The van der Waals surface area contributed by atoms with E-state index in [0.29, 0.717) is 0 Å². The SMILES string of the molecule is CCCC1C(CC)C1CNC. The van der Waals surface area contributed by atoms with Crippen LogP contribution in [0.2, 0.25) is 0 Å². The van der Waals surface area contributed by atoms with E-state index in [9.17, 15) is 0 Å². The van der Waals surface area contributed by atoms with E-state index in [1.54, 1.807) is 0 Å². The molecule has 1 aliphatic rings. The zero-order valence-electron chi connectivity index (χ0n) is 8.06. The van der Waals surface area contributed by atoms with Gasteiger partial charge in [0.15, 0.2) is 0 Å². The van der Waals surface area contributed by atoms with Crippen molar-refractivity contribution in [3.05, 3.63) is 0 Å². The van der Waals surface area contributed by atoms with Gasteiger partial charge in [0.05, 0.1) is 0 Å². The van der Waals surface area contributed by atoms with Gasteiger partial charge in [-0.1, -0.05) is 33.1 Å². The van der Waals surface area contributed by atoms with E-state index in [4.69, 9.17) is 0 Å². The molecule has 0 bridgehead atoms. The van der Waals surface area contributed by atoms with Gasteiger partial charge in [-0.3, -0.25) is 0 Å². The second-order valence-corrected chi connectivity index (χ2v) is 3.75. The average molecular weight is 155 g/mol. The van der Waals surface area contributed by atoms with Crippen molar-refractivity contribution in [2.75, 3.05) is 13.6 Å². The molecule has 3 atom stereocenters. The van der Waals surface area contributed by atoms with Crippen molar-refractivity contribution < 1.29 is 0 Å². The second-order valence-electron chi connectivity index (χ2n) is 3.75. The number of nitrogens with one attached hydrogen (secondary N) is 1. The summed E-state index contributed by atoms with van der Waals surface area (Å²) in [6, 6.07) is 0. The van der Waals surface area contributed by atoms with Gasteiger partial charge < -0.3 is 5.32 Å². The average Bonchev–Trinajstić information content (AvgIpc) is 2.65. The number of rotatable bonds is 5. The summed E-state index contributed by atoms with van der Waals surface area (Å²) in [5.41, 5.74) is 0. The van der Waals surface area contributed by atoms with Crippen LogP contribution in [-0.4, -0.2) is 13.6 Å². The van der Waals surface area contributed by atoms with Crippen molar-refractivity contribution in [3.63, 3.8) is 0 Å². The summed E-state index contributed by atoms with van der Waals surface area (Å²) >= 11 is 0. The van der Waals surface area contributed by atoms with Crippen molar-refractivity contribution in [2.24, 2.45) is 17.8 Å². The Hall–Kier alpha value is -0.0400. The normalized spacial score (nSPS) is 35.7. The van der Waals surface area contributed by atoms with Crippen molar-refractivity contribution in [1.29, 1.82) is 0 Å². The predicted molar refractivity (Wildman–Crippen MR) is 49.6 cm³/mol. The Morgan fingerprint density at radius 3 is 2.27 bits per heavy atom. The van der Waals surface area contributed by atoms with Crippen LogP contribution < -0.4 is 5.32 Å². The zero-order valence-corrected chi connectivity index (χ0v) is 8.06. The van der Waals surface area contributed by atoms with Crippen LogP contribution in [-0.2, 0) is 0 Å². The molecule has 1 heteroatoms. The fourth-order valence-electron chi connectivity index (χ4n) is 2.43. The standard InChI is InChI=1S/C10H21N/c1-4-6-9-8(5-2)10(9)7-11-3/h8-11H,4-7H2,1-3H3. The smallest absolute Gasteiger partial charge is 0.00180 e. The van der Waals surface area contributed by atoms with E-state index in [0.717, 1.165) is 17.8 Å². The highest BCUT2D eigenvalue weighted by Crippen LogP contribution is 2.50. The van der Waals surface area contributed by atoms with Gasteiger partial charge in [0.25, 0.3) is 0 Å². The Bertz CT molecular complexity index is 99.4. The van der Waals surface area contributed by atoms with Gasteiger partial charge in [-0.15, -0.1) is 0 Å². The maximum atomic E-state index is 3.28. The molecule has 1 rings (SSSR count). The lowest BCUT2D eigenvalue weighted by molar-refractivity contribution is 0.603. The van der Waals surface area contributed by atoms with Crippen LogP contribution >= 0.6 is 0 Å².